The molecule has 4 rings (SSSR count). The van der Waals surface area contributed by atoms with Gasteiger partial charge in [0.05, 0.1) is 11.0 Å². The minimum Gasteiger partial charge on any atom is -0.309 e. The molecule has 0 radical (unpaired) electrons. The molecule has 0 aliphatic rings. The van der Waals surface area contributed by atoms with Crippen LogP contribution in [0.2, 0.25) is 0 Å². The first kappa shape index (κ1) is 8.82. The van der Waals surface area contributed by atoms with E-state index >= 15 is 0 Å². The Kier molecular flexibility index (Phi) is 1.61. The Morgan fingerprint density at radius 3 is 2.06 bits per heavy atom. The average Bonchev–Trinajstić information content (AvgIpc) is 2.77. The maximum Gasteiger partial charge on any atom is 0.0535 e. The quantitative estimate of drug-likeness (QED) is 0.415. The third-order valence-corrected chi connectivity index (χ3v) is 3.35. The van der Waals surface area contributed by atoms with Gasteiger partial charge in [0.25, 0.3) is 0 Å². The topological polar surface area (TPSA) is 4.41 Å². The zero-order chi connectivity index (χ0) is 11.2. The SMILES string of the molecule is c1ccc2c(c1)ccc1cc3ccccc3n12. The average molecular weight is 217 g/mol. The fourth-order valence-electron chi connectivity index (χ4n) is 2.57. The predicted octanol–water partition coefficient (Wildman–Crippen LogP) is 4.25. The van der Waals surface area contributed by atoms with Crippen LogP contribution >= 0.6 is 0 Å². The van der Waals surface area contributed by atoms with Gasteiger partial charge in [-0.25, -0.2) is 0 Å². The van der Waals surface area contributed by atoms with E-state index < -0.39 is 0 Å². The third kappa shape index (κ3) is 1.14. The molecule has 2 heterocycles. The molecule has 80 valence electrons. The van der Waals surface area contributed by atoms with Gasteiger partial charge < -0.3 is 4.40 Å². The molecule has 0 N–H and O–H groups in total. The molecule has 17 heavy (non-hydrogen) atoms. The second kappa shape index (κ2) is 3.11. The van der Waals surface area contributed by atoms with Gasteiger partial charge in [-0.1, -0.05) is 42.5 Å². The van der Waals surface area contributed by atoms with Gasteiger partial charge in [0.2, 0.25) is 0 Å². The molecule has 0 atom stereocenters. The molecule has 1 heteroatoms. The number of aromatic nitrogens is 1. The Labute approximate surface area is 98.9 Å². The lowest BCUT2D eigenvalue weighted by Gasteiger charge is -2.03. The molecule has 0 aliphatic carbocycles. The molecule has 0 unspecified atom stereocenters. The van der Waals surface area contributed by atoms with Crippen molar-refractivity contribution in [2.45, 2.75) is 0 Å². The van der Waals surface area contributed by atoms with Gasteiger partial charge in [-0.15, -0.1) is 0 Å². The van der Waals surface area contributed by atoms with E-state index in [2.05, 4.69) is 71.1 Å². The largest absolute Gasteiger partial charge is 0.309 e. The molecule has 0 saturated carbocycles. The number of pyridine rings is 1. The van der Waals surface area contributed by atoms with Crippen LogP contribution in [0.15, 0.2) is 66.7 Å². The molecule has 0 spiro atoms. The van der Waals surface area contributed by atoms with Crippen LogP contribution in [0, 0.1) is 0 Å². The van der Waals surface area contributed by atoms with E-state index in [9.17, 15) is 0 Å². The second-order valence-electron chi connectivity index (χ2n) is 4.36. The Bertz CT molecular complexity index is 834. The van der Waals surface area contributed by atoms with Crippen molar-refractivity contribution in [1.29, 1.82) is 0 Å². The van der Waals surface area contributed by atoms with E-state index in [0.29, 0.717) is 0 Å². The lowest BCUT2D eigenvalue weighted by Crippen LogP contribution is -1.86. The van der Waals surface area contributed by atoms with E-state index in [0.717, 1.165) is 0 Å². The zero-order valence-corrected chi connectivity index (χ0v) is 9.30. The van der Waals surface area contributed by atoms with Crippen LogP contribution < -0.4 is 0 Å². The minimum atomic E-state index is 1.25. The first-order valence-electron chi connectivity index (χ1n) is 5.81. The van der Waals surface area contributed by atoms with Crippen LogP contribution in [0.5, 0.6) is 0 Å². The van der Waals surface area contributed by atoms with Crippen molar-refractivity contribution < 1.29 is 0 Å². The highest BCUT2D eigenvalue weighted by Gasteiger charge is 2.04. The van der Waals surface area contributed by atoms with Crippen molar-refractivity contribution in [3.63, 3.8) is 0 Å². The molecule has 0 bridgehead atoms. The summed E-state index contributed by atoms with van der Waals surface area (Å²) in [4.78, 5) is 0. The molecule has 4 aromatic rings. The first-order chi connectivity index (χ1) is 8.43. The summed E-state index contributed by atoms with van der Waals surface area (Å²) in [6.07, 6.45) is 0. The van der Waals surface area contributed by atoms with Crippen LogP contribution in [0.25, 0.3) is 27.3 Å². The summed E-state index contributed by atoms with van der Waals surface area (Å²) in [5.74, 6) is 0. The summed E-state index contributed by atoms with van der Waals surface area (Å²) in [5.41, 5.74) is 3.80. The molecule has 0 amide bonds. The molecule has 1 nitrogen and oxygen atoms in total. The number of benzene rings is 2. The van der Waals surface area contributed by atoms with Crippen LogP contribution in [0.1, 0.15) is 0 Å². The summed E-state index contributed by atoms with van der Waals surface area (Å²) in [6.45, 7) is 0. The van der Waals surface area contributed by atoms with Gasteiger partial charge in [-0.3, -0.25) is 0 Å². The summed E-state index contributed by atoms with van der Waals surface area (Å²) in [7, 11) is 0. The van der Waals surface area contributed by atoms with Crippen molar-refractivity contribution in [1.82, 2.24) is 4.40 Å². The summed E-state index contributed by atoms with van der Waals surface area (Å²) in [5, 5.41) is 2.57. The van der Waals surface area contributed by atoms with Gasteiger partial charge >= 0.3 is 0 Å². The van der Waals surface area contributed by atoms with Gasteiger partial charge in [-0.2, -0.15) is 0 Å². The molecular weight excluding hydrogens is 206 g/mol. The van der Waals surface area contributed by atoms with E-state index in [-0.39, 0.29) is 0 Å². The smallest absolute Gasteiger partial charge is 0.0535 e. The van der Waals surface area contributed by atoms with Crippen LogP contribution in [-0.2, 0) is 0 Å². The van der Waals surface area contributed by atoms with Crippen LogP contribution in [0.4, 0.5) is 0 Å². The predicted molar refractivity (Wildman–Crippen MR) is 72.4 cm³/mol. The number of hydrogen-bond acceptors (Lipinski definition) is 0. The number of hydrogen-bond donors (Lipinski definition) is 0. The first-order valence-corrected chi connectivity index (χ1v) is 5.81. The maximum atomic E-state index is 2.32. The summed E-state index contributed by atoms with van der Waals surface area (Å²) < 4.78 is 2.32. The van der Waals surface area contributed by atoms with E-state index in [1.807, 2.05) is 0 Å². The monoisotopic (exact) mass is 217 g/mol. The summed E-state index contributed by atoms with van der Waals surface area (Å²) in [6, 6.07) is 23.6. The molecule has 0 aliphatic heterocycles. The third-order valence-electron chi connectivity index (χ3n) is 3.35. The molecule has 0 saturated heterocycles. The lowest BCUT2D eigenvalue weighted by molar-refractivity contribution is 1.33. The van der Waals surface area contributed by atoms with Gasteiger partial charge in [0, 0.05) is 10.9 Å². The second-order valence-corrected chi connectivity index (χ2v) is 4.36. The van der Waals surface area contributed by atoms with Crippen molar-refractivity contribution in [2.24, 2.45) is 0 Å². The highest BCUT2D eigenvalue weighted by molar-refractivity contribution is 5.94. The Morgan fingerprint density at radius 2 is 1.24 bits per heavy atom. The van der Waals surface area contributed by atoms with Crippen molar-refractivity contribution in [3.05, 3.63) is 66.7 Å². The Balaban J connectivity index is 2.38. The van der Waals surface area contributed by atoms with Crippen LogP contribution in [-0.4, -0.2) is 4.40 Å². The summed E-state index contributed by atoms with van der Waals surface area (Å²) >= 11 is 0. The fourth-order valence-corrected chi connectivity index (χ4v) is 2.57. The number of fused-ring (bicyclic) bond motifs is 5. The Morgan fingerprint density at radius 1 is 0.588 bits per heavy atom. The van der Waals surface area contributed by atoms with Gasteiger partial charge in [0.1, 0.15) is 0 Å². The number of para-hydroxylation sites is 2. The molecule has 0 fully saturated rings. The normalized spacial score (nSPS) is 11.5. The fraction of sp³-hybridized carbons (Fsp3) is 0. The van der Waals surface area contributed by atoms with Crippen LogP contribution in [0.3, 0.4) is 0 Å². The maximum absolute atomic E-state index is 2.32. The molecule has 2 aromatic heterocycles. The standard InChI is InChI=1S/C16H11N/c1-3-7-15-12(5-1)9-10-14-11-13-6-2-4-8-16(13)17(14)15/h1-11H. The van der Waals surface area contributed by atoms with Crippen molar-refractivity contribution >= 4 is 27.3 Å². The molecular formula is C16H11N. The van der Waals surface area contributed by atoms with Gasteiger partial charge in [-0.05, 0) is 29.7 Å². The number of nitrogens with zero attached hydrogens (tertiary/aromatic N) is 1. The van der Waals surface area contributed by atoms with E-state index in [1.54, 1.807) is 0 Å². The lowest BCUT2D eigenvalue weighted by atomic mass is 10.2. The zero-order valence-electron chi connectivity index (χ0n) is 9.30. The highest BCUT2D eigenvalue weighted by atomic mass is 14.9. The van der Waals surface area contributed by atoms with Crippen molar-refractivity contribution in [3.8, 4) is 0 Å². The van der Waals surface area contributed by atoms with Gasteiger partial charge in [0.15, 0.2) is 0 Å². The molecule has 2 aromatic carbocycles. The Hall–Kier alpha value is -2.28. The number of rotatable bonds is 0. The van der Waals surface area contributed by atoms with Crippen molar-refractivity contribution in [2.75, 3.05) is 0 Å². The van der Waals surface area contributed by atoms with E-state index in [1.165, 1.54) is 27.3 Å². The van der Waals surface area contributed by atoms with E-state index in [4.69, 9.17) is 0 Å². The highest BCUT2D eigenvalue weighted by Crippen LogP contribution is 2.25. The minimum absolute atomic E-state index is 1.25.